The minimum Gasteiger partial charge on any atom is -0.318 e. The summed E-state index contributed by atoms with van der Waals surface area (Å²) in [5.41, 5.74) is 1.80. The Bertz CT molecular complexity index is 1110. The summed E-state index contributed by atoms with van der Waals surface area (Å²) in [5, 5.41) is 0.560. The number of ketones is 1. The van der Waals surface area contributed by atoms with Crippen LogP contribution in [0.3, 0.4) is 0 Å². The zero-order valence-electron chi connectivity index (χ0n) is 15.1. The van der Waals surface area contributed by atoms with E-state index in [2.05, 4.69) is 0 Å². The number of hydrogen-bond donors (Lipinski definition) is 0. The summed E-state index contributed by atoms with van der Waals surface area (Å²) in [4.78, 5) is 36.2. The Morgan fingerprint density at radius 1 is 0.926 bits per heavy atom. The van der Waals surface area contributed by atoms with Gasteiger partial charge >= 0.3 is 0 Å². The minimum absolute atomic E-state index is 0.107. The summed E-state index contributed by atoms with van der Waals surface area (Å²) in [5.74, 6) is -0.417. The number of nitrogens with zero attached hydrogens (tertiary/aromatic N) is 2. The third-order valence-electron chi connectivity index (χ3n) is 4.59. The molecule has 0 aliphatic rings. The van der Waals surface area contributed by atoms with Crippen LogP contribution in [0, 0.1) is 0 Å². The maximum atomic E-state index is 12.9. The normalized spacial score (nSPS) is 12.0. The summed E-state index contributed by atoms with van der Waals surface area (Å²) < 4.78 is 2.86. The number of carbonyl (C=O) groups is 1. The summed E-state index contributed by atoms with van der Waals surface area (Å²) in [6.07, 6.45) is 3.43. The van der Waals surface area contributed by atoms with Gasteiger partial charge in [0.2, 0.25) is 11.1 Å². The first-order valence-corrected chi connectivity index (χ1v) is 8.85. The lowest BCUT2D eigenvalue weighted by atomic mass is 9.86. The van der Waals surface area contributed by atoms with E-state index < -0.39 is 0 Å². The van der Waals surface area contributed by atoms with Crippen LogP contribution in [0.25, 0.3) is 0 Å². The SMILES string of the molecule is Cn1cc(C(=O)CC(c2ccc(=O)n(C)c2)c2ccccc2Cl)ccc1=O. The van der Waals surface area contributed by atoms with Crippen LogP contribution < -0.4 is 11.1 Å². The van der Waals surface area contributed by atoms with Gasteiger partial charge in [-0.2, -0.15) is 0 Å². The van der Waals surface area contributed by atoms with Gasteiger partial charge in [0.05, 0.1) is 0 Å². The lowest BCUT2D eigenvalue weighted by Crippen LogP contribution is -2.19. The second-order valence-electron chi connectivity index (χ2n) is 6.48. The Kier molecular flexibility index (Phi) is 5.42. The Labute approximate surface area is 161 Å². The largest absolute Gasteiger partial charge is 0.318 e. The van der Waals surface area contributed by atoms with Crippen molar-refractivity contribution >= 4 is 17.4 Å². The summed E-state index contributed by atoms with van der Waals surface area (Å²) in [6.45, 7) is 0. The number of aryl methyl sites for hydroxylation is 2. The van der Waals surface area contributed by atoms with E-state index in [1.54, 1.807) is 32.4 Å². The fourth-order valence-electron chi connectivity index (χ4n) is 3.05. The van der Waals surface area contributed by atoms with Gasteiger partial charge in [0.15, 0.2) is 5.78 Å². The van der Waals surface area contributed by atoms with Crippen molar-refractivity contribution < 1.29 is 4.79 Å². The van der Waals surface area contributed by atoms with Crippen molar-refractivity contribution in [2.75, 3.05) is 0 Å². The molecule has 0 aliphatic carbocycles. The Morgan fingerprint density at radius 3 is 2.19 bits per heavy atom. The molecule has 3 aromatic rings. The molecule has 1 atom stereocenters. The van der Waals surface area contributed by atoms with Crippen LogP contribution in [-0.4, -0.2) is 14.9 Å². The molecule has 0 bridgehead atoms. The molecule has 0 spiro atoms. The molecular formula is C21H19ClN2O3. The van der Waals surface area contributed by atoms with Gasteiger partial charge in [0.25, 0.3) is 0 Å². The standard InChI is InChI=1S/C21H19ClN2O3/c1-23-12-14(7-9-20(23)26)17(16-5-3-4-6-18(16)22)11-19(25)15-8-10-21(27)24(2)13-15/h3-10,12-13,17H,11H2,1-2H3. The van der Waals surface area contributed by atoms with E-state index in [0.717, 1.165) is 11.1 Å². The van der Waals surface area contributed by atoms with E-state index in [-0.39, 0.29) is 29.2 Å². The molecule has 0 saturated carbocycles. The molecule has 1 unspecified atom stereocenters. The number of halogens is 1. The summed E-state index contributed by atoms with van der Waals surface area (Å²) in [6, 6.07) is 13.5. The van der Waals surface area contributed by atoms with Crippen LogP contribution >= 0.6 is 11.6 Å². The average Bonchev–Trinajstić information content (AvgIpc) is 2.65. The lowest BCUT2D eigenvalue weighted by Gasteiger charge is -2.19. The van der Waals surface area contributed by atoms with Gasteiger partial charge < -0.3 is 9.13 Å². The molecule has 0 fully saturated rings. The van der Waals surface area contributed by atoms with Gasteiger partial charge in [-0.05, 0) is 23.3 Å². The fourth-order valence-corrected chi connectivity index (χ4v) is 3.32. The Morgan fingerprint density at radius 2 is 1.56 bits per heavy atom. The molecule has 0 aliphatic heterocycles. The van der Waals surface area contributed by atoms with Crippen molar-refractivity contribution in [3.05, 3.63) is 103 Å². The Hall–Kier alpha value is -2.92. The molecule has 27 heavy (non-hydrogen) atoms. The highest BCUT2D eigenvalue weighted by molar-refractivity contribution is 6.31. The highest BCUT2D eigenvalue weighted by Gasteiger charge is 2.22. The molecule has 0 radical (unpaired) electrons. The molecule has 0 saturated heterocycles. The molecule has 6 heteroatoms. The molecule has 1 aromatic carbocycles. The maximum absolute atomic E-state index is 12.9. The number of benzene rings is 1. The molecule has 2 heterocycles. The summed E-state index contributed by atoms with van der Waals surface area (Å²) >= 11 is 6.39. The van der Waals surface area contributed by atoms with Crippen LogP contribution in [0.1, 0.15) is 33.8 Å². The monoisotopic (exact) mass is 382 g/mol. The van der Waals surface area contributed by atoms with E-state index in [9.17, 15) is 14.4 Å². The third-order valence-corrected chi connectivity index (χ3v) is 4.93. The highest BCUT2D eigenvalue weighted by atomic mass is 35.5. The molecule has 2 aromatic heterocycles. The van der Waals surface area contributed by atoms with E-state index >= 15 is 0 Å². The molecule has 5 nitrogen and oxygen atoms in total. The van der Waals surface area contributed by atoms with Crippen molar-refractivity contribution in [3.8, 4) is 0 Å². The number of pyridine rings is 2. The van der Waals surface area contributed by atoms with Gasteiger partial charge in [-0.15, -0.1) is 0 Å². The van der Waals surface area contributed by atoms with Crippen molar-refractivity contribution in [3.63, 3.8) is 0 Å². The second-order valence-corrected chi connectivity index (χ2v) is 6.89. The van der Waals surface area contributed by atoms with Crippen molar-refractivity contribution in [2.24, 2.45) is 14.1 Å². The molecule has 0 amide bonds. The number of carbonyl (C=O) groups excluding carboxylic acids is 1. The van der Waals surface area contributed by atoms with Gasteiger partial charge in [-0.25, -0.2) is 0 Å². The van der Waals surface area contributed by atoms with Crippen LogP contribution in [0.15, 0.2) is 70.5 Å². The molecule has 138 valence electrons. The molecular weight excluding hydrogens is 364 g/mol. The first kappa shape index (κ1) is 18.9. The minimum atomic E-state index is -0.310. The van der Waals surface area contributed by atoms with Crippen LogP contribution in [0.5, 0.6) is 0 Å². The molecule has 0 N–H and O–H groups in total. The number of hydrogen-bond acceptors (Lipinski definition) is 3. The predicted molar refractivity (Wildman–Crippen MR) is 106 cm³/mol. The predicted octanol–water partition coefficient (Wildman–Crippen LogP) is 3.14. The van der Waals surface area contributed by atoms with Crippen molar-refractivity contribution in [1.29, 1.82) is 0 Å². The van der Waals surface area contributed by atoms with Crippen molar-refractivity contribution in [1.82, 2.24) is 9.13 Å². The zero-order chi connectivity index (χ0) is 19.6. The lowest BCUT2D eigenvalue weighted by molar-refractivity contribution is 0.0977. The summed E-state index contributed by atoms with van der Waals surface area (Å²) in [7, 11) is 3.28. The second kappa shape index (κ2) is 7.76. The maximum Gasteiger partial charge on any atom is 0.250 e. The van der Waals surface area contributed by atoms with E-state index in [4.69, 9.17) is 11.6 Å². The number of Topliss-reactive ketones (excluding diaryl/α,β-unsaturated/α-hetero) is 1. The van der Waals surface area contributed by atoms with Crippen LogP contribution in [0.4, 0.5) is 0 Å². The van der Waals surface area contributed by atoms with Crippen LogP contribution in [0.2, 0.25) is 5.02 Å². The first-order valence-electron chi connectivity index (χ1n) is 8.47. The van der Waals surface area contributed by atoms with Crippen LogP contribution in [-0.2, 0) is 14.1 Å². The van der Waals surface area contributed by atoms with Crippen molar-refractivity contribution in [2.45, 2.75) is 12.3 Å². The van der Waals surface area contributed by atoms with E-state index in [1.807, 2.05) is 18.2 Å². The topological polar surface area (TPSA) is 61.1 Å². The molecule has 3 rings (SSSR count). The number of rotatable bonds is 5. The third kappa shape index (κ3) is 4.09. The van der Waals surface area contributed by atoms with Gasteiger partial charge in [-0.3, -0.25) is 14.4 Å². The Balaban J connectivity index is 2.04. The number of aromatic nitrogens is 2. The van der Waals surface area contributed by atoms with Gasteiger partial charge in [0.1, 0.15) is 0 Å². The van der Waals surface area contributed by atoms with E-state index in [0.29, 0.717) is 10.6 Å². The quantitative estimate of drug-likeness (QED) is 0.637. The smallest absolute Gasteiger partial charge is 0.250 e. The average molecular weight is 383 g/mol. The first-order chi connectivity index (χ1) is 12.9. The van der Waals surface area contributed by atoms with Gasteiger partial charge in [-0.1, -0.05) is 35.9 Å². The highest BCUT2D eigenvalue weighted by Crippen LogP contribution is 2.33. The zero-order valence-corrected chi connectivity index (χ0v) is 15.8. The van der Waals surface area contributed by atoms with E-state index in [1.165, 1.54) is 33.5 Å². The van der Waals surface area contributed by atoms with Gasteiger partial charge in [0, 0.05) is 61.5 Å². The fraction of sp³-hybridized carbons (Fsp3) is 0.190.